The smallest absolute Gasteiger partial charge is 0.238 e. The number of hydrogen-bond donors (Lipinski definition) is 0. The zero-order valence-electron chi connectivity index (χ0n) is 17.3. The first-order valence-corrected chi connectivity index (χ1v) is 12.0. The number of aryl methyl sites for hydroxylation is 1. The largest absolute Gasteiger partial charge is 0.434 e. The predicted octanol–water partition coefficient (Wildman–Crippen LogP) is 6.67. The van der Waals surface area contributed by atoms with Crippen LogP contribution < -0.4 is 0 Å². The Morgan fingerprint density at radius 2 is 1.85 bits per heavy atom. The molecule has 3 heterocycles. The Kier molecular flexibility index (Phi) is 4.40. The molecule has 3 aromatic heterocycles. The number of carbonyl (C=O) groups is 2. The lowest BCUT2D eigenvalue weighted by molar-refractivity contribution is 0.0990. The Hall–Kier alpha value is -3.86. The number of nitriles is 1. The molecule has 0 atom stereocenters. The van der Waals surface area contributed by atoms with Crippen LogP contribution >= 0.6 is 22.7 Å². The van der Waals surface area contributed by atoms with Crippen molar-refractivity contribution in [2.24, 2.45) is 0 Å². The van der Waals surface area contributed by atoms with Crippen LogP contribution in [-0.2, 0) is 6.42 Å². The molecule has 5 nitrogen and oxygen atoms in total. The molecule has 5 aromatic rings. The summed E-state index contributed by atoms with van der Waals surface area (Å²) in [6, 6.07) is 17.3. The molecule has 6 rings (SSSR count). The molecule has 1 aliphatic carbocycles. The third-order valence-electron chi connectivity index (χ3n) is 5.75. The molecule has 0 saturated carbocycles. The Balaban J connectivity index is 1.36. The Morgan fingerprint density at radius 1 is 1.06 bits per heavy atom. The van der Waals surface area contributed by atoms with E-state index in [1.165, 1.54) is 22.1 Å². The summed E-state index contributed by atoms with van der Waals surface area (Å²) in [5.74, 6) is -0.0931. The number of Topliss-reactive ketones (excluding diaryl/α,β-unsaturated/α-hetero) is 2. The minimum atomic E-state index is -0.349. The zero-order chi connectivity index (χ0) is 22.7. The molecule has 7 heteroatoms. The van der Waals surface area contributed by atoms with Crippen LogP contribution in [0.1, 0.15) is 43.6 Å². The van der Waals surface area contributed by atoms with Gasteiger partial charge in [0.2, 0.25) is 5.89 Å². The fraction of sp³-hybridized carbons (Fsp3) is 0.0769. The molecule has 158 valence electrons. The first-order chi connectivity index (χ1) is 16.1. The van der Waals surface area contributed by atoms with Crippen molar-refractivity contribution in [2.45, 2.75) is 13.3 Å². The van der Waals surface area contributed by atoms with E-state index in [1.807, 2.05) is 19.1 Å². The van der Waals surface area contributed by atoms with Crippen LogP contribution in [0.2, 0.25) is 0 Å². The van der Waals surface area contributed by atoms with Gasteiger partial charge >= 0.3 is 0 Å². The maximum Gasteiger partial charge on any atom is 0.238 e. The van der Waals surface area contributed by atoms with E-state index in [0.29, 0.717) is 39.4 Å². The number of oxazole rings is 1. The number of carbonyl (C=O) groups excluding carboxylic acids is 2. The van der Waals surface area contributed by atoms with Crippen molar-refractivity contribution in [3.63, 3.8) is 0 Å². The average Bonchev–Trinajstić information content (AvgIpc) is 3.56. The number of ketones is 2. The summed E-state index contributed by atoms with van der Waals surface area (Å²) < 4.78 is 7.15. The number of benzene rings is 2. The predicted molar refractivity (Wildman–Crippen MR) is 130 cm³/mol. The summed E-state index contributed by atoms with van der Waals surface area (Å²) in [4.78, 5) is 32.9. The van der Waals surface area contributed by atoms with Gasteiger partial charge in [0.25, 0.3) is 0 Å². The van der Waals surface area contributed by atoms with Crippen LogP contribution in [0.5, 0.6) is 0 Å². The van der Waals surface area contributed by atoms with Crippen LogP contribution in [0.25, 0.3) is 37.3 Å². The molecule has 0 fully saturated rings. The maximum atomic E-state index is 13.0. The topological polar surface area (TPSA) is 84.0 Å². The second kappa shape index (κ2) is 7.34. The van der Waals surface area contributed by atoms with E-state index in [-0.39, 0.29) is 17.1 Å². The molecule has 0 bridgehead atoms. The lowest BCUT2D eigenvalue weighted by atomic mass is 9.99. The molecule has 0 unspecified atom stereocenters. The fourth-order valence-electron chi connectivity index (χ4n) is 4.10. The number of hydrogen-bond acceptors (Lipinski definition) is 7. The molecular formula is C26H14N2O3S2. The SMILES string of the molecule is CCc1cc2c(cc1C#N)C(=O)/C(=C\c1cc3oc(-c4cc5ccccc5s4)nc3s1)C2=O. The highest BCUT2D eigenvalue weighted by molar-refractivity contribution is 7.22. The second-order valence-electron chi connectivity index (χ2n) is 7.72. The normalized spacial score (nSPS) is 14.5. The van der Waals surface area contributed by atoms with Gasteiger partial charge in [0.05, 0.1) is 22.1 Å². The highest BCUT2D eigenvalue weighted by Crippen LogP contribution is 2.38. The zero-order valence-corrected chi connectivity index (χ0v) is 19.0. The molecule has 0 spiro atoms. The molecule has 2 aromatic carbocycles. The first-order valence-electron chi connectivity index (χ1n) is 10.3. The molecule has 1 aliphatic rings. The van der Waals surface area contributed by atoms with Gasteiger partial charge < -0.3 is 4.42 Å². The Labute approximate surface area is 196 Å². The highest BCUT2D eigenvalue weighted by Gasteiger charge is 2.34. The quantitative estimate of drug-likeness (QED) is 0.219. The summed E-state index contributed by atoms with van der Waals surface area (Å²) >= 11 is 2.99. The van der Waals surface area contributed by atoms with E-state index >= 15 is 0 Å². The summed E-state index contributed by atoms with van der Waals surface area (Å²) in [6.45, 7) is 1.92. The van der Waals surface area contributed by atoms with Crippen molar-refractivity contribution in [3.8, 4) is 16.8 Å². The molecule has 0 aliphatic heterocycles. The third kappa shape index (κ3) is 3.07. The number of thiophene rings is 2. The number of fused-ring (bicyclic) bond motifs is 3. The maximum absolute atomic E-state index is 13.0. The lowest BCUT2D eigenvalue weighted by Crippen LogP contribution is -1.99. The summed E-state index contributed by atoms with van der Waals surface area (Å²) in [6.07, 6.45) is 2.22. The van der Waals surface area contributed by atoms with Gasteiger partial charge in [-0.25, -0.2) is 0 Å². The Morgan fingerprint density at radius 3 is 2.58 bits per heavy atom. The second-order valence-corrected chi connectivity index (χ2v) is 9.87. The van der Waals surface area contributed by atoms with Gasteiger partial charge in [-0.1, -0.05) is 25.1 Å². The Bertz CT molecular complexity index is 1640. The fourth-order valence-corrected chi connectivity index (χ4v) is 5.98. The van der Waals surface area contributed by atoms with Gasteiger partial charge in [0.15, 0.2) is 22.0 Å². The number of nitrogens with zero attached hydrogens (tertiary/aromatic N) is 2. The molecule has 0 saturated heterocycles. The molecule has 33 heavy (non-hydrogen) atoms. The van der Waals surface area contributed by atoms with E-state index in [0.717, 1.165) is 20.7 Å². The standard InChI is InChI=1S/C26H14N2O3S2/c1-2-13-7-17-18(8-15(13)12-27)24(30)19(23(17)29)10-16-11-20-26(32-16)28-25(31-20)22-9-14-5-3-4-6-21(14)33-22/h3-11H,2H2,1H3/b19-10-. The molecule has 0 radical (unpaired) electrons. The van der Waals surface area contributed by atoms with Crippen molar-refractivity contribution in [1.29, 1.82) is 5.26 Å². The van der Waals surface area contributed by atoms with Gasteiger partial charge in [-0.3, -0.25) is 9.59 Å². The van der Waals surface area contributed by atoms with Gasteiger partial charge in [-0.2, -0.15) is 10.2 Å². The minimum Gasteiger partial charge on any atom is -0.434 e. The molecular weight excluding hydrogens is 452 g/mol. The van der Waals surface area contributed by atoms with Crippen LogP contribution in [0.3, 0.4) is 0 Å². The first kappa shape index (κ1) is 19.8. The van der Waals surface area contributed by atoms with Gasteiger partial charge in [0.1, 0.15) is 0 Å². The van der Waals surface area contributed by atoms with Crippen LogP contribution in [0.4, 0.5) is 0 Å². The van der Waals surface area contributed by atoms with Gasteiger partial charge in [-0.15, -0.1) is 22.7 Å². The van der Waals surface area contributed by atoms with Gasteiger partial charge in [-0.05, 0) is 47.7 Å². The average molecular weight is 467 g/mol. The van der Waals surface area contributed by atoms with Crippen molar-refractivity contribution in [3.05, 3.63) is 81.2 Å². The highest BCUT2D eigenvalue weighted by atomic mass is 32.1. The van der Waals surface area contributed by atoms with E-state index in [1.54, 1.807) is 29.5 Å². The van der Waals surface area contributed by atoms with Crippen molar-refractivity contribution in [1.82, 2.24) is 4.98 Å². The van der Waals surface area contributed by atoms with E-state index in [4.69, 9.17) is 4.42 Å². The molecule has 0 amide bonds. The van der Waals surface area contributed by atoms with Crippen molar-refractivity contribution >= 4 is 60.8 Å². The van der Waals surface area contributed by atoms with E-state index in [9.17, 15) is 14.9 Å². The third-order valence-corrected chi connectivity index (χ3v) is 7.82. The lowest BCUT2D eigenvalue weighted by Gasteiger charge is -2.03. The van der Waals surface area contributed by atoms with Crippen LogP contribution in [-0.4, -0.2) is 16.6 Å². The van der Waals surface area contributed by atoms with E-state index < -0.39 is 0 Å². The number of rotatable bonds is 3. The van der Waals surface area contributed by atoms with Crippen LogP contribution in [0, 0.1) is 11.3 Å². The van der Waals surface area contributed by atoms with E-state index in [2.05, 4.69) is 29.3 Å². The van der Waals surface area contributed by atoms with Crippen LogP contribution in [0.15, 0.2) is 58.5 Å². The number of aromatic nitrogens is 1. The summed E-state index contributed by atoms with van der Waals surface area (Å²) in [5.41, 5.74) is 2.60. The van der Waals surface area contributed by atoms with Crippen molar-refractivity contribution in [2.75, 3.05) is 0 Å². The van der Waals surface area contributed by atoms with Gasteiger partial charge in [0, 0.05) is 26.8 Å². The summed E-state index contributed by atoms with van der Waals surface area (Å²) in [7, 11) is 0. The summed E-state index contributed by atoms with van der Waals surface area (Å²) in [5, 5.41) is 10.5. The number of allylic oxidation sites excluding steroid dienone is 1. The monoisotopic (exact) mass is 466 g/mol. The molecule has 0 N–H and O–H groups in total. The minimum absolute atomic E-state index is 0.107. The van der Waals surface area contributed by atoms with Crippen molar-refractivity contribution < 1.29 is 14.0 Å².